The fraction of sp³-hybridized carbons (Fsp3) is 0. The second-order valence-electron chi connectivity index (χ2n) is 14.3. The van der Waals surface area contributed by atoms with Crippen LogP contribution < -0.4 is 0 Å². The number of hydrogen-bond donors (Lipinski definition) is 0. The van der Waals surface area contributed by atoms with Crippen LogP contribution in [0, 0.1) is 22.7 Å². The van der Waals surface area contributed by atoms with Crippen molar-refractivity contribution in [2.45, 2.75) is 0 Å². The Kier molecular flexibility index (Phi) is 6.48. The molecule has 8 aromatic carbocycles. The maximum Gasteiger partial charge on any atom is 0.101 e. The molecule has 0 aliphatic rings. The highest BCUT2D eigenvalue weighted by atomic mass is 32.1. The van der Waals surface area contributed by atoms with Gasteiger partial charge < -0.3 is 9.13 Å². The molecule has 4 nitrogen and oxygen atoms in total. The van der Waals surface area contributed by atoms with Crippen molar-refractivity contribution in [3.63, 3.8) is 0 Å². The van der Waals surface area contributed by atoms with Gasteiger partial charge in [0.25, 0.3) is 0 Å². The van der Waals surface area contributed by atoms with Crippen molar-refractivity contribution in [3.05, 3.63) is 169 Å². The number of rotatable bonds is 3. The highest BCUT2D eigenvalue weighted by Crippen LogP contribution is 2.45. The van der Waals surface area contributed by atoms with Crippen molar-refractivity contribution in [2.75, 3.05) is 0 Å². The van der Waals surface area contributed by atoms with Crippen LogP contribution in [0.1, 0.15) is 11.1 Å². The molecule has 258 valence electrons. The minimum atomic E-state index is 0.570. The Labute approximate surface area is 328 Å². The number of nitrogens with zero attached hydrogens (tertiary/aromatic N) is 4. The van der Waals surface area contributed by atoms with Crippen LogP contribution in [0.15, 0.2) is 158 Å². The minimum Gasteiger partial charge on any atom is -0.309 e. The molecule has 0 saturated carbocycles. The Morgan fingerprint density at radius 1 is 0.411 bits per heavy atom. The average Bonchev–Trinajstić information content (AvgIpc) is 4.00. The second kappa shape index (κ2) is 11.6. The summed E-state index contributed by atoms with van der Waals surface area (Å²) in [7, 11) is 0. The summed E-state index contributed by atoms with van der Waals surface area (Å²) in [4.78, 5) is 0. The van der Waals surface area contributed by atoms with E-state index in [1.54, 1.807) is 0 Å². The zero-order valence-electron chi connectivity index (χ0n) is 29.6. The minimum absolute atomic E-state index is 0.570. The van der Waals surface area contributed by atoms with Crippen LogP contribution in [0.4, 0.5) is 0 Å². The summed E-state index contributed by atoms with van der Waals surface area (Å²) < 4.78 is 9.57. The number of aromatic nitrogens is 2. The first-order chi connectivity index (χ1) is 27.7. The molecule has 0 fully saturated rings. The van der Waals surface area contributed by atoms with Crippen molar-refractivity contribution >= 4 is 107 Å². The van der Waals surface area contributed by atoms with Gasteiger partial charge in [0.2, 0.25) is 0 Å². The number of para-hydroxylation sites is 2. The van der Waals surface area contributed by atoms with E-state index in [0.717, 1.165) is 50.0 Å². The van der Waals surface area contributed by atoms with E-state index >= 15 is 0 Å². The quantitative estimate of drug-likeness (QED) is 0.181. The van der Waals surface area contributed by atoms with Gasteiger partial charge >= 0.3 is 0 Å². The standard InChI is InChI=1S/C50H26N4S2/c51-27-30-18-17-29(26-44(30)54-41-14-6-2-12-39(41)48-43(54)24-22-37-35-10-4-8-16-46(35)56-50(37)48)33-20-19-32(25-31(33)28-52)53-40-13-5-1-11-38(40)47-42(53)23-21-36-34-9-3-7-15-45(34)55-49(36)47/h1-26H. The van der Waals surface area contributed by atoms with Gasteiger partial charge in [-0.15, -0.1) is 22.7 Å². The number of benzene rings is 8. The number of hydrogen-bond acceptors (Lipinski definition) is 4. The van der Waals surface area contributed by atoms with Gasteiger partial charge in [-0.05, 0) is 71.8 Å². The van der Waals surface area contributed by atoms with Crippen molar-refractivity contribution in [1.82, 2.24) is 9.13 Å². The number of nitriles is 2. The number of fused-ring (bicyclic) bond motifs is 14. The number of thiophene rings is 2. The maximum atomic E-state index is 10.7. The monoisotopic (exact) mass is 746 g/mol. The first-order valence-corrected chi connectivity index (χ1v) is 20.1. The molecular weight excluding hydrogens is 721 g/mol. The molecule has 0 N–H and O–H groups in total. The predicted molar refractivity (Wildman–Crippen MR) is 236 cm³/mol. The Hall–Kier alpha value is -7.22. The van der Waals surface area contributed by atoms with Gasteiger partial charge in [0.05, 0.1) is 45.0 Å². The highest BCUT2D eigenvalue weighted by Gasteiger charge is 2.21. The van der Waals surface area contributed by atoms with Crippen molar-refractivity contribution < 1.29 is 0 Å². The molecule has 12 aromatic rings. The van der Waals surface area contributed by atoms with E-state index in [4.69, 9.17) is 0 Å². The third-order valence-corrected chi connectivity index (χ3v) is 13.8. The Morgan fingerprint density at radius 3 is 1.55 bits per heavy atom. The van der Waals surface area contributed by atoms with Crippen LogP contribution in [0.3, 0.4) is 0 Å². The third kappa shape index (κ3) is 4.20. The Morgan fingerprint density at radius 2 is 0.946 bits per heavy atom. The molecule has 0 bridgehead atoms. The first kappa shape index (κ1) is 31.2. The summed E-state index contributed by atoms with van der Waals surface area (Å²) in [6, 6.07) is 60.2. The van der Waals surface area contributed by atoms with Gasteiger partial charge in [-0.25, -0.2) is 0 Å². The molecule has 0 atom stereocenters. The SMILES string of the molecule is N#Cc1cc(-n2c3ccccc3c3c4sc5ccccc5c4ccc32)ccc1-c1ccc(C#N)c(-n2c3ccccc3c3c4sc5ccccc5c4ccc32)c1. The van der Waals surface area contributed by atoms with Gasteiger partial charge in [-0.1, -0.05) is 97.1 Å². The second-order valence-corrected chi connectivity index (χ2v) is 16.4. The van der Waals surface area contributed by atoms with Crippen molar-refractivity contribution in [2.24, 2.45) is 0 Å². The Balaban J connectivity index is 1.06. The lowest BCUT2D eigenvalue weighted by atomic mass is 9.97. The molecule has 0 aliphatic carbocycles. The van der Waals surface area contributed by atoms with Gasteiger partial charge in [-0.2, -0.15) is 10.5 Å². The van der Waals surface area contributed by atoms with Crippen LogP contribution in [0.2, 0.25) is 0 Å². The molecule has 4 aromatic heterocycles. The van der Waals surface area contributed by atoms with Crippen molar-refractivity contribution in [1.29, 1.82) is 10.5 Å². The molecule has 0 radical (unpaired) electrons. The summed E-state index contributed by atoms with van der Waals surface area (Å²) in [5.41, 5.74) is 8.87. The van der Waals surface area contributed by atoms with E-state index in [1.165, 1.54) is 56.5 Å². The molecule has 0 unspecified atom stereocenters. The maximum absolute atomic E-state index is 10.7. The average molecular weight is 747 g/mol. The van der Waals surface area contributed by atoms with Gasteiger partial charge in [0, 0.05) is 67.6 Å². The molecule has 0 amide bonds. The summed E-state index contributed by atoms with van der Waals surface area (Å²) in [6.07, 6.45) is 0. The molecule has 0 saturated heterocycles. The van der Waals surface area contributed by atoms with Crippen LogP contribution in [0.25, 0.3) is 106 Å². The first-order valence-electron chi connectivity index (χ1n) is 18.5. The lowest BCUT2D eigenvalue weighted by Crippen LogP contribution is -1.99. The van der Waals surface area contributed by atoms with Crippen molar-refractivity contribution in [3.8, 4) is 34.6 Å². The molecule has 0 aliphatic heterocycles. The van der Waals surface area contributed by atoms with Crippen LogP contribution >= 0.6 is 22.7 Å². The summed E-state index contributed by atoms with van der Waals surface area (Å²) in [5, 5.41) is 31.0. The fourth-order valence-corrected chi connectivity index (χ4v) is 11.5. The molecule has 0 spiro atoms. The van der Waals surface area contributed by atoms with E-state index in [-0.39, 0.29) is 0 Å². The molecule has 56 heavy (non-hydrogen) atoms. The molecule has 12 rings (SSSR count). The fourth-order valence-electron chi connectivity index (χ4n) is 9.00. The van der Waals surface area contributed by atoms with Crippen LogP contribution in [-0.2, 0) is 0 Å². The van der Waals surface area contributed by atoms with Crippen LogP contribution in [0.5, 0.6) is 0 Å². The van der Waals surface area contributed by atoms with E-state index in [2.05, 4.69) is 161 Å². The van der Waals surface area contributed by atoms with Crippen LogP contribution in [-0.4, -0.2) is 9.13 Å². The van der Waals surface area contributed by atoms with E-state index in [9.17, 15) is 10.5 Å². The highest BCUT2D eigenvalue weighted by molar-refractivity contribution is 7.27. The lowest BCUT2D eigenvalue weighted by molar-refractivity contribution is 1.17. The lowest BCUT2D eigenvalue weighted by Gasteiger charge is -2.14. The normalized spacial score (nSPS) is 11.9. The summed E-state index contributed by atoms with van der Waals surface area (Å²) >= 11 is 3.65. The summed E-state index contributed by atoms with van der Waals surface area (Å²) in [5.74, 6) is 0. The largest absolute Gasteiger partial charge is 0.309 e. The zero-order valence-corrected chi connectivity index (χ0v) is 31.2. The summed E-state index contributed by atoms with van der Waals surface area (Å²) in [6.45, 7) is 0. The molecular formula is C50H26N4S2. The predicted octanol–water partition coefficient (Wildman–Crippen LogP) is 14.0. The molecule has 4 heterocycles. The van der Waals surface area contributed by atoms with Gasteiger partial charge in [0.15, 0.2) is 0 Å². The van der Waals surface area contributed by atoms with Gasteiger partial charge in [0.1, 0.15) is 6.07 Å². The third-order valence-electron chi connectivity index (χ3n) is 11.4. The molecule has 6 heteroatoms. The van der Waals surface area contributed by atoms with E-state index < -0.39 is 0 Å². The van der Waals surface area contributed by atoms with E-state index in [0.29, 0.717) is 11.1 Å². The smallest absolute Gasteiger partial charge is 0.101 e. The topological polar surface area (TPSA) is 57.4 Å². The van der Waals surface area contributed by atoms with E-state index in [1.807, 2.05) is 40.9 Å². The zero-order chi connectivity index (χ0) is 37.1. The Bertz CT molecular complexity index is 3750. The van der Waals surface area contributed by atoms with Gasteiger partial charge in [-0.3, -0.25) is 0 Å².